The predicted octanol–water partition coefficient (Wildman–Crippen LogP) is 2.49. The van der Waals surface area contributed by atoms with Crippen LogP contribution in [0.15, 0.2) is 42.5 Å². The Labute approximate surface area is 91.2 Å². The maximum Gasteiger partial charge on any atom is 0.0879 e. The second-order valence-corrected chi connectivity index (χ2v) is 3.84. The fraction of sp³-hybridized carbons (Fsp3) is 0.385. The van der Waals surface area contributed by atoms with E-state index in [2.05, 4.69) is 12.1 Å². The van der Waals surface area contributed by atoms with Crippen LogP contribution in [-0.2, 0) is 10.3 Å². The van der Waals surface area contributed by atoms with Crippen molar-refractivity contribution in [3.8, 4) is 0 Å². The van der Waals surface area contributed by atoms with Crippen LogP contribution in [0, 0.1) is 0 Å². The molecule has 1 aromatic carbocycles. The summed E-state index contributed by atoms with van der Waals surface area (Å²) in [6.07, 6.45) is 3.51. The zero-order valence-electron chi connectivity index (χ0n) is 9.31. The van der Waals surface area contributed by atoms with Crippen molar-refractivity contribution < 1.29 is 9.84 Å². The number of ether oxygens (including phenoxy) is 1. The minimum atomic E-state index is -0.291. The molecule has 2 heteroatoms. The summed E-state index contributed by atoms with van der Waals surface area (Å²) in [5, 5.41) is 8.57. The predicted molar refractivity (Wildman–Crippen MR) is 61.6 cm³/mol. The summed E-state index contributed by atoms with van der Waals surface area (Å²) in [7, 11) is 0. The Kier molecular flexibility index (Phi) is 4.53. The van der Waals surface area contributed by atoms with E-state index in [0.717, 1.165) is 5.56 Å². The van der Waals surface area contributed by atoms with Gasteiger partial charge in [0.2, 0.25) is 0 Å². The maximum absolute atomic E-state index is 8.57. The first kappa shape index (κ1) is 12.0. The van der Waals surface area contributed by atoms with Gasteiger partial charge in [-0.2, -0.15) is 0 Å². The molecule has 0 saturated heterocycles. The van der Waals surface area contributed by atoms with Crippen LogP contribution in [-0.4, -0.2) is 18.3 Å². The van der Waals surface area contributed by atoms with Crippen LogP contribution in [0.4, 0.5) is 0 Å². The van der Waals surface area contributed by atoms with Crippen LogP contribution in [0.2, 0.25) is 0 Å². The largest absolute Gasteiger partial charge is 0.392 e. The lowest BCUT2D eigenvalue weighted by Gasteiger charge is -2.25. The summed E-state index contributed by atoms with van der Waals surface area (Å²) in [6.45, 7) is 4.65. The third kappa shape index (κ3) is 3.86. The molecule has 2 nitrogen and oxygen atoms in total. The zero-order chi connectivity index (χ0) is 11.1. The molecule has 0 aliphatic carbocycles. The molecule has 1 aromatic rings. The summed E-state index contributed by atoms with van der Waals surface area (Å²) >= 11 is 0. The van der Waals surface area contributed by atoms with Gasteiger partial charge in [0.1, 0.15) is 0 Å². The highest BCUT2D eigenvalue weighted by atomic mass is 16.5. The van der Waals surface area contributed by atoms with Gasteiger partial charge in [0.25, 0.3) is 0 Å². The van der Waals surface area contributed by atoms with E-state index in [9.17, 15) is 0 Å². The van der Waals surface area contributed by atoms with Crippen molar-refractivity contribution in [2.24, 2.45) is 0 Å². The number of rotatable bonds is 5. The third-order valence-electron chi connectivity index (χ3n) is 2.28. The second-order valence-electron chi connectivity index (χ2n) is 3.84. The van der Waals surface area contributed by atoms with Crippen molar-refractivity contribution in [2.75, 3.05) is 13.2 Å². The van der Waals surface area contributed by atoms with Gasteiger partial charge in [-0.3, -0.25) is 0 Å². The molecule has 0 bridgehead atoms. The number of aliphatic hydroxyl groups excluding tert-OH is 1. The highest BCUT2D eigenvalue weighted by Gasteiger charge is 2.19. The van der Waals surface area contributed by atoms with Gasteiger partial charge in [0.05, 0.1) is 18.8 Å². The first-order chi connectivity index (χ1) is 7.17. The second kappa shape index (κ2) is 5.69. The Hall–Kier alpha value is -1.12. The fourth-order valence-corrected chi connectivity index (χ4v) is 1.32. The molecule has 0 aromatic heterocycles. The van der Waals surface area contributed by atoms with Crippen LogP contribution in [0.1, 0.15) is 19.4 Å². The first-order valence-corrected chi connectivity index (χ1v) is 5.12. The Bertz CT molecular complexity index is 302. The van der Waals surface area contributed by atoms with E-state index >= 15 is 0 Å². The van der Waals surface area contributed by atoms with Gasteiger partial charge in [0.15, 0.2) is 0 Å². The van der Waals surface area contributed by atoms with E-state index < -0.39 is 0 Å². The molecule has 1 N–H and O–H groups in total. The standard InChI is InChI=1S/C13H18O2/c1-13(2,15-11-7-6-10-14)12-8-4-3-5-9-12/h3-9,14H,10-11H2,1-2H3/b7-6+. The van der Waals surface area contributed by atoms with Gasteiger partial charge in [-0.1, -0.05) is 42.5 Å². The van der Waals surface area contributed by atoms with E-state index in [1.807, 2.05) is 38.1 Å². The number of benzene rings is 1. The molecule has 0 heterocycles. The molecule has 1 rings (SSSR count). The highest BCUT2D eigenvalue weighted by Crippen LogP contribution is 2.23. The normalized spacial score (nSPS) is 12.2. The van der Waals surface area contributed by atoms with Gasteiger partial charge >= 0.3 is 0 Å². The summed E-state index contributed by atoms with van der Waals surface area (Å²) in [4.78, 5) is 0. The van der Waals surface area contributed by atoms with Gasteiger partial charge < -0.3 is 9.84 Å². The monoisotopic (exact) mass is 206 g/mol. The summed E-state index contributed by atoms with van der Waals surface area (Å²) in [5.74, 6) is 0. The van der Waals surface area contributed by atoms with E-state index in [0.29, 0.717) is 6.61 Å². The quantitative estimate of drug-likeness (QED) is 0.750. The first-order valence-electron chi connectivity index (χ1n) is 5.12. The average molecular weight is 206 g/mol. The molecular formula is C13H18O2. The topological polar surface area (TPSA) is 29.5 Å². The minimum Gasteiger partial charge on any atom is -0.392 e. The molecule has 82 valence electrons. The van der Waals surface area contributed by atoms with Crippen molar-refractivity contribution >= 4 is 0 Å². The fourth-order valence-electron chi connectivity index (χ4n) is 1.32. The maximum atomic E-state index is 8.57. The molecular weight excluding hydrogens is 188 g/mol. The Morgan fingerprint density at radius 3 is 2.47 bits per heavy atom. The molecule has 0 radical (unpaired) electrons. The van der Waals surface area contributed by atoms with Crippen LogP contribution in [0.25, 0.3) is 0 Å². The van der Waals surface area contributed by atoms with Crippen LogP contribution < -0.4 is 0 Å². The van der Waals surface area contributed by atoms with Crippen molar-refractivity contribution in [2.45, 2.75) is 19.4 Å². The van der Waals surface area contributed by atoms with Crippen LogP contribution >= 0.6 is 0 Å². The van der Waals surface area contributed by atoms with E-state index in [-0.39, 0.29) is 12.2 Å². The lowest BCUT2D eigenvalue weighted by atomic mass is 9.98. The number of hydrogen-bond acceptors (Lipinski definition) is 2. The lowest BCUT2D eigenvalue weighted by Crippen LogP contribution is -2.21. The summed E-state index contributed by atoms with van der Waals surface area (Å²) in [5.41, 5.74) is 0.864. The Balaban J connectivity index is 2.56. The number of hydrogen-bond donors (Lipinski definition) is 1. The van der Waals surface area contributed by atoms with E-state index in [1.54, 1.807) is 6.08 Å². The van der Waals surface area contributed by atoms with Crippen molar-refractivity contribution in [1.29, 1.82) is 0 Å². The lowest BCUT2D eigenvalue weighted by molar-refractivity contribution is -0.00487. The third-order valence-corrected chi connectivity index (χ3v) is 2.28. The van der Waals surface area contributed by atoms with Gasteiger partial charge in [-0.05, 0) is 19.4 Å². The molecule has 0 atom stereocenters. The van der Waals surface area contributed by atoms with Gasteiger partial charge in [0, 0.05) is 0 Å². The summed E-state index contributed by atoms with van der Waals surface area (Å²) < 4.78 is 5.72. The molecule has 0 spiro atoms. The molecule has 0 aliphatic heterocycles. The Morgan fingerprint density at radius 1 is 1.20 bits per heavy atom. The van der Waals surface area contributed by atoms with Gasteiger partial charge in [-0.25, -0.2) is 0 Å². The van der Waals surface area contributed by atoms with Crippen LogP contribution in [0.3, 0.4) is 0 Å². The van der Waals surface area contributed by atoms with E-state index in [4.69, 9.17) is 9.84 Å². The Morgan fingerprint density at radius 2 is 1.87 bits per heavy atom. The van der Waals surface area contributed by atoms with E-state index in [1.165, 1.54) is 0 Å². The van der Waals surface area contributed by atoms with Crippen molar-refractivity contribution in [3.05, 3.63) is 48.0 Å². The molecule has 0 unspecified atom stereocenters. The minimum absolute atomic E-state index is 0.0646. The molecule has 0 amide bonds. The van der Waals surface area contributed by atoms with Crippen molar-refractivity contribution in [3.63, 3.8) is 0 Å². The smallest absolute Gasteiger partial charge is 0.0879 e. The SMILES string of the molecule is CC(C)(OC/C=C/CO)c1ccccc1. The highest BCUT2D eigenvalue weighted by molar-refractivity contribution is 5.20. The zero-order valence-corrected chi connectivity index (χ0v) is 9.31. The molecule has 0 aliphatic rings. The van der Waals surface area contributed by atoms with Crippen LogP contribution in [0.5, 0.6) is 0 Å². The van der Waals surface area contributed by atoms with Gasteiger partial charge in [-0.15, -0.1) is 0 Å². The molecule has 0 saturated carbocycles. The molecule has 0 fully saturated rings. The number of aliphatic hydroxyl groups is 1. The van der Waals surface area contributed by atoms with Crippen molar-refractivity contribution in [1.82, 2.24) is 0 Å². The average Bonchev–Trinajstić information content (AvgIpc) is 2.26. The summed E-state index contributed by atoms with van der Waals surface area (Å²) in [6, 6.07) is 10.1. The molecule has 15 heavy (non-hydrogen) atoms.